The molecule has 0 radical (unpaired) electrons. The molecule has 1 N–H and O–H groups in total. The van der Waals surface area contributed by atoms with Crippen molar-refractivity contribution in [1.82, 2.24) is 4.90 Å². The van der Waals surface area contributed by atoms with Crippen LogP contribution < -0.4 is 14.8 Å². The van der Waals surface area contributed by atoms with E-state index in [1.54, 1.807) is 18.2 Å². The number of ether oxygens (including phenoxy) is 3. The number of rotatable bonds is 7. The molecule has 9 nitrogen and oxygen atoms in total. The van der Waals surface area contributed by atoms with Gasteiger partial charge in [0.05, 0.1) is 31.7 Å². The van der Waals surface area contributed by atoms with Crippen LogP contribution in [0.15, 0.2) is 18.2 Å². The van der Waals surface area contributed by atoms with Gasteiger partial charge in [0.25, 0.3) is 5.91 Å². The average molecular weight is 430 g/mol. The monoisotopic (exact) mass is 430 g/mol. The van der Waals surface area contributed by atoms with Gasteiger partial charge in [-0.1, -0.05) is 0 Å². The van der Waals surface area contributed by atoms with Crippen molar-refractivity contribution in [3.8, 4) is 11.5 Å². The first kappa shape index (κ1) is 21.1. The summed E-state index contributed by atoms with van der Waals surface area (Å²) in [5.41, 5.74) is 0.365. The first-order valence-corrected chi connectivity index (χ1v) is 10.4. The molecule has 2 aliphatic carbocycles. The summed E-state index contributed by atoms with van der Waals surface area (Å²) in [5.74, 6) is -1.12. The second-order valence-electron chi connectivity index (χ2n) is 8.33. The van der Waals surface area contributed by atoms with E-state index in [0.29, 0.717) is 17.2 Å². The number of benzene rings is 1. The minimum atomic E-state index is -1.07. The summed E-state index contributed by atoms with van der Waals surface area (Å²) in [6.45, 7) is 0.905. The number of hydrogen-bond acceptors (Lipinski definition) is 7. The summed E-state index contributed by atoms with van der Waals surface area (Å²) in [5, 5.41) is 2.60. The number of nitrogens with zero attached hydrogens (tertiary/aromatic N) is 1. The van der Waals surface area contributed by atoms with Crippen LogP contribution in [0.5, 0.6) is 11.5 Å². The minimum absolute atomic E-state index is 0.239. The van der Waals surface area contributed by atoms with Crippen molar-refractivity contribution in [3.05, 3.63) is 18.2 Å². The Balaban J connectivity index is 1.35. The summed E-state index contributed by atoms with van der Waals surface area (Å²) in [6.07, 6.45) is 2.85. The third kappa shape index (κ3) is 3.62. The number of carbonyl (C=O) groups is 4. The van der Waals surface area contributed by atoms with Crippen molar-refractivity contribution >= 4 is 29.4 Å². The van der Waals surface area contributed by atoms with Gasteiger partial charge in [-0.15, -0.1) is 0 Å². The fourth-order valence-corrected chi connectivity index (χ4v) is 5.27. The molecule has 166 valence electrons. The highest BCUT2D eigenvalue weighted by Crippen LogP contribution is 2.56. The molecule has 3 fully saturated rings. The standard InChI is InChI=1S/C22H26N2O7/c1-11(24-20(26)18-12-4-5-13(8-12)19(18)21(24)27)22(28)31-10-17(25)23-15-9-14(29-2)6-7-16(15)30-3/h6-7,9,11-13,18-19H,4-5,8,10H2,1-3H3,(H,23,25)/t11-,12-,13-,18+,19+/m0/s1. The molecule has 0 unspecified atom stereocenters. The number of likely N-dealkylation sites (tertiary alicyclic amines) is 1. The first-order chi connectivity index (χ1) is 14.8. The van der Waals surface area contributed by atoms with Crippen molar-refractivity contribution in [2.75, 3.05) is 26.1 Å². The molecule has 1 heterocycles. The van der Waals surface area contributed by atoms with Crippen molar-refractivity contribution in [2.45, 2.75) is 32.2 Å². The molecule has 1 aromatic rings. The topological polar surface area (TPSA) is 111 Å². The number of carbonyl (C=O) groups excluding carboxylic acids is 4. The lowest BCUT2D eigenvalue weighted by Crippen LogP contribution is -2.45. The van der Waals surface area contributed by atoms with Gasteiger partial charge in [-0.2, -0.15) is 0 Å². The maximum Gasteiger partial charge on any atom is 0.329 e. The van der Waals surface area contributed by atoms with Gasteiger partial charge in [0.15, 0.2) is 6.61 Å². The third-order valence-corrected chi connectivity index (χ3v) is 6.72. The van der Waals surface area contributed by atoms with Gasteiger partial charge in [0, 0.05) is 6.07 Å². The van der Waals surface area contributed by atoms with E-state index in [1.807, 2.05) is 0 Å². The zero-order valence-corrected chi connectivity index (χ0v) is 17.8. The highest BCUT2D eigenvalue weighted by molar-refractivity contribution is 6.08. The van der Waals surface area contributed by atoms with E-state index in [9.17, 15) is 19.2 Å². The zero-order valence-electron chi connectivity index (χ0n) is 17.8. The Labute approximate surface area is 180 Å². The molecule has 31 heavy (non-hydrogen) atoms. The number of hydrogen-bond donors (Lipinski definition) is 1. The number of nitrogens with one attached hydrogen (secondary N) is 1. The third-order valence-electron chi connectivity index (χ3n) is 6.72. The Morgan fingerprint density at radius 1 is 1.10 bits per heavy atom. The lowest BCUT2D eigenvalue weighted by molar-refractivity contribution is -0.159. The second-order valence-corrected chi connectivity index (χ2v) is 8.33. The van der Waals surface area contributed by atoms with Crippen LogP contribution in [0.1, 0.15) is 26.2 Å². The van der Waals surface area contributed by atoms with Crippen molar-refractivity contribution in [3.63, 3.8) is 0 Å². The van der Waals surface area contributed by atoms with Crippen molar-refractivity contribution in [2.24, 2.45) is 23.7 Å². The molecule has 1 aliphatic heterocycles. The maximum absolute atomic E-state index is 12.8. The summed E-state index contributed by atoms with van der Waals surface area (Å²) in [6, 6.07) is 3.83. The highest BCUT2D eigenvalue weighted by Gasteiger charge is 2.62. The molecule has 3 aliphatic rings. The van der Waals surface area contributed by atoms with E-state index in [0.717, 1.165) is 24.2 Å². The number of fused-ring (bicyclic) bond motifs is 5. The van der Waals surface area contributed by atoms with Crippen LogP contribution in [0.3, 0.4) is 0 Å². The Morgan fingerprint density at radius 2 is 1.74 bits per heavy atom. The van der Waals surface area contributed by atoms with Crippen LogP contribution in [0, 0.1) is 23.7 Å². The van der Waals surface area contributed by atoms with Crippen molar-refractivity contribution in [1.29, 1.82) is 0 Å². The fourth-order valence-electron chi connectivity index (χ4n) is 5.27. The van der Waals surface area contributed by atoms with E-state index in [4.69, 9.17) is 14.2 Å². The smallest absolute Gasteiger partial charge is 0.329 e. The molecule has 1 saturated heterocycles. The first-order valence-electron chi connectivity index (χ1n) is 10.4. The van der Waals surface area contributed by atoms with E-state index >= 15 is 0 Å². The van der Waals surface area contributed by atoms with Gasteiger partial charge in [-0.05, 0) is 50.2 Å². The number of imide groups is 1. The summed E-state index contributed by atoms with van der Waals surface area (Å²) in [7, 11) is 2.96. The molecule has 2 saturated carbocycles. The number of esters is 1. The van der Waals surface area contributed by atoms with Gasteiger partial charge in [-0.3, -0.25) is 19.3 Å². The SMILES string of the molecule is COc1ccc(OC)c(NC(=O)COC(=O)[C@H](C)N2C(=O)[C@@H]3[C@H]4CC[C@@H](C4)[C@H]3C2=O)c1. The molecule has 5 atom stereocenters. The fraction of sp³-hybridized carbons (Fsp3) is 0.545. The van der Waals surface area contributed by atoms with E-state index in [-0.39, 0.29) is 35.5 Å². The Morgan fingerprint density at radius 3 is 2.32 bits per heavy atom. The molecule has 0 spiro atoms. The van der Waals surface area contributed by atoms with Gasteiger partial charge < -0.3 is 19.5 Å². The normalized spacial score (nSPS) is 27.1. The minimum Gasteiger partial charge on any atom is -0.497 e. The second kappa shape index (κ2) is 8.20. The number of amides is 3. The number of anilines is 1. The summed E-state index contributed by atoms with van der Waals surface area (Å²) in [4.78, 5) is 51.5. The van der Waals surface area contributed by atoms with Crippen LogP contribution in [0.2, 0.25) is 0 Å². The Kier molecular flexibility index (Phi) is 5.60. The molecule has 9 heteroatoms. The molecule has 4 rings (SSSR count). The largest absolute Gasteiger partial charge is 0.497 e. The van der Waals surface area contributed by atoms with Crippen LogP contribution in [-0.2, 0) is 23.9 Å². The maximum atomic E-state index is 12.8. The Hall–Kier alpha value is -3.10. The van der Waals surface area contributed by atoms with E-state index in [2.05, 4.69) is 5.32 Å². The predicted octanol–water partition coefficient (Wildman–Crippen LogP) is 1.61. The quantitative estimate of drug-likeness (QED) is 0.517. The summed E-state index contributed by atoms with van der Waals surface area (Å²) < 4.78 is 15.4. The summed E-state index contributed by atoms with van der Waals surface area (Å²) >= 11 is 0. The molecule has 2 bridgehead atoms. The molecular formula is C22H26N2O7. The van der Waals surface area contributed by atoms with Crippen LogP contribution in [0.25, 0.3) is 0 Å². The van der Waals surface area contributed by atoms with Crippen molar-refractivity contribution < 1.29 is 33.4 Å². The van der Waals surface area contributed by atoms with Gasteiger partial charge >= 0.3 is 5.97 Å². The van der Waals surface area contributed by atoms with E-state index < -0.39 is 24.5 Å². The predicted molar refractivity (Wildman–Crippen MR) is 108 cm³/mol. The van der Waals surface area contributed by atoms with Crippen LogP contribution in [0.4, 0.5) is 5.69 Å². The Bertz CT molecular complexity index is 902. The molecular weight excluding hydrogens is 404 g/mol. The van der Waals surface area contributed by atoms with Crippen LogP contribution in [-0.4, -0.2) is 55.5 Å². The lowest BCUT2D eigenvalue weighted by Gasteiger charge is -2.23. The highest BCUT2D eigenvalue weighted by atomic mass is 16.5. The molecule has 3 amide bonds. The van der Waals surface area contributed by atoms with Crippen LogP contribution >= 0.6 is 0 Å². The zero-order chi connectivity index (χ0) is 22.3. The van der Waals surface area contributed by atoms with Gasteiger partial charge in [0.1, 0.15) is 17.5 Å². The number of methoxy groups -OCH3 is 2. The lowest BCUT2D eigenvalue weighted by atomic mass is 9.81. The van der Waals surface area contributed by atoms with Gasteiger partial charge in [-0.25, -0.2) is 4.79 Å². The van der Waals surface area contributed by atoms with E-state index in [1.165, 1.54) is 21.1 Å². The average Bonchev–Trinajstić information content (AvgIpc) is 3.45. The van der Waals surface area contributed by atoms with Gasteiger partial charge in [0.2, 0.25) is 11.8 Å². The molecule has 0 aromatic heterocycles. The molecule has 1 aromatic carbocycles.